The first-order chi connectivity index (χ1) is 7.43. The van der Waals surface area contributed by atoms with Gasteiger partial charge in [0, 0.05) is 0 Å². The monoisotopic (exact) mass is 194 g/mol. The molecule has 0 amide bonds. The highest BCUT2D eigenvalue weighted by Crippen LogP contribution is 2.46. The zero-order valence-electron chi connectivity index (χ0n) is 8.18. The van der Waals surface area contributed by atoms with Gasteiger partial charge in [-0.3, -0.25) is 0 Å². The van der Waals surface area contributed by atoms with Crippen molar-refractivity contribution >= 4 is 16.8 Å². The Morgan fingerprint density at radius 3 is 2.93 bits per heavy atom. The van der Waals surface area contributed by atoms with Crippen molar-refractivity contribution in [2.45, 2.75) is 12.2 Å². The van der Waals surface area contributed by atoms with Crippen molar-refractivity contribution < 1.29 is 4.74 Å². The lowest BCUT2D eigenvalue weighted by atomic mass is 9.92. The molecule has 1 heteroatoms. The normalized spacial score (nSPS) is 26.1. The quantitative estimate of drug-likeness (QED) is 0.586. The van der Waals surface area contributed by atoms with Crippen LogP contribution in [0.3, 0.4) is 0 Å². The summed E-state index contributed by atoms with van der Waals surface area (Å²) in [5.74, 6) is 0. The predicted molar refractivity (Wildman–Crippen MR) is 60.6 cm³/mol. The second kappa shape index (κ2) is 2.50. The average Bonchev–Trinajstić information content (AvgIpc) is 3.07. The Kier molecular flexibility index (Phi) is 1.28. The molecule has 1 fully saturated rings. The van der Waals surface area contributed by atoms with E-state index in [-0.39, 0.29) is 0 Å². The Balaban J connectivity index is 2.13. The molecular weight excluding hydrogens is 184 g/mol. The molecule has 2 atom stereocenters. The maximum absolute atomic E-state index is 5.57. The summed E-state index contributed by atoms with van der Waals surface area (Å²) >= 11 is 0. The van der Waals surface area contributed by atoms with Crippen LogP contribution < -0.4 is 0 Å². The third-order valence-corrected chi connectivity index (χ3v) is 3.29. The molecular formula is C14H10O. The lowest BCUT2D eigenvalue weighted by molar-refractivity contribution is 0.395. The van der Waals surface area contributed by atoms with E-state index in [1.165, 1.54) is 21.9 Å². The van der Waals surface area contributed by atoms with E-state index in [9.17, 15) is 0 Å². The SMILES string of the molecule is C1=C[C@H]2O[C@H]2c2ccc3ccccc3c21. The third kappa shape index (κ3) is 0.959. The summed E-state index contributed by atoms with van der Waals surface area (Å²) in [6.07, 6.45) is 5.04. The molecule has 72 valence electrons. The van der Waals surface area contributed by atoms with Crippen molar-refractivity contribution in [2.75, 3.05) is 0 Å². The molecule has 0 N–H and O–H groups in total. The van der Waals surface area contributed by atoms with Crippen molar-refractivity contribution in [3.63, 3.8) is 0 Å². The van der Waals surface area contributed by atoms with Gasteiger partial charge in [0.15, 0.2) is 0 Å². The summed E-state index contributed by atoms with van der Waals surface area (Å²) in [5, 5.41) is 2.64. The largest absolute Gasteiger partial charge is 0.360 e. The van der Waals surface area contributed by atoms with Gasteiger partial charge in [-0.15, -0.1) is 0 Å². The van der Waals surface area contributed by atoms with Crippen molar-refractivity contribution in [3.8, 4) is 0 Å². The van der Waals surface area contributed by atoms with Crippen molar-refractivity contribution in [1.29, 1.82) is 0 Å². The lowest BCUT2D eigenvalue weighted by Gasteiger charge is -2.10. The van der Waals surface area contributed by atoms with Gasteiger partial charge >= 0.3 is 0 Å². The third-order valence-electron chi connectivity index (χ3n) is 3.29. The van der Waals surface area contributed by atoms with Crippen LogP contribution in [0.25, 0.3) is 16.8 Å². The maximum Gasteiger partial charge on any atom is 0.114 e. The molecule has 1 heterocycles. The summed E-state index contributed by atoms with van der Waals surface area (Å²) in [6.45, 7) is 0. The number of hydrogen-bond acceptors (Lipinski definition) is 1. The Morgan fingerprint density at radius 2 is 1.93 bits per heavy atom. The molecule has 1 aliphatic carbocycles. The van der Waals surface area contributed by atoms with Gasteiger partial charge in [0.1, 0.15) is 12.2 Å². The lowest BCUT2D eigenvalue weighted by Crippen LogP contribution is -1.95. The second-order valence-electron chi connectivity index (χ2n) is 4.17. The fourth-order valence-electron chi connectivity index (χ4n) is 2.46. The van der Waals surface area contributed by atoms with Gasteiger partial charge in [-0.25, -0.2) is 0 Å². The van der Waals surface area contributed by atoms with Crippen LogP contribution in [-0.2, 0) is 4.74 Å². The van der Waals surface area contributed by atoms with Gasteiger partial charge in [0.05, 0.1) is 0 Å². The molecule has 2 aliphatic rings. The number of ether oxygens (including phenoxy) is 1. The van der Waals surface area contributed by atoms with Crippen LogP contribution in [0.15, 0.2) is 42.5 Å². The first-order valence-corrected chi connectivity index (χ1v) is 5.29. The molecule has 1 saturated heterocycles. The number of benzene rings is 2. The van der Waals surface area contributed by atoms with E-state index in [1.54, 1.807) is 0 Å². The maximum atomic E-state index is 5.57. The zero-order chi connectivity index (χ0) is 9.83. The van der Waals surface area contributed by atoms with Crippen LogP contribution in [0.1, 0.15) is 17.2 Å². The summed E-state index contributed by atoms with van der Waals surface area (Å²) in [5.41, 5.74) is 2.69. The van der Waals surface area contributed by atoms with Gasteiger partial charge in [-0.2, -0.15) is 0 Å². The molecule has 2 aromatic carbocycles. The van der Waals surface area contributed by atoms with Crippen LogP contribution >= 0.6 is 0 Å². The van der Waals surface area contributed by atoms with Crippen molar-refractivity contribution in [3.05, 3.63) is 53.6 Å². The van der Waals surface area contributed by atoms with Gasteiger partial charge in [0.2, 0.25) is 0 Å². The van der Waals surface area contributed by atoms with Gasteiger partial charge in [-0.05, 0) is 21.9 Å². The molecule has 0 unspecified atom stereocenters. The summed E-state index contributed by atoms with van der Waals surface area (Å²) in [7, 11) is 0. The van der Waals surface area contributed by atoms with Crippen LogP contribution in [0.5, 0.6) is 0 Å². The minimum atomic E-state index is 0.328. The highest BCUT2D eigenvalue weighted by atomic mass is 16.6. The molecule has 15 heavy (non-hydrogen) atoms. The minimum absolute atomic E-state index is 0.328. The molecule has 4 rings (SSSR count). The molecule has 0 saturated carbocycles. The van der Waals surface area contributed by atoms with Crippen molar-refractivity contribution in [2.24, 2.45) is 0 Å². The standard InChI is InChI=1S/C14H10O/c1-2-4-10-9(3-1)5-6-12-11(10)7-8-13-14(12)15-13/h1-8,13-14H/t13-,14+/m1/s1. The summed E-state index contributed by atoms with van der Waals surface area (Å²) in [4.78, 5) is 0. The van der Waals surface area contributed by atoms with Crippen LogP contribution in [0, 0.1) is 0 Å². The smallest absolute Gasteiger partial charge is 0.114 e. The van der Waals surface area contributed by atoms with E-state index in [0.717, 1.165) is 0 Å². The molecule has 0 radical (unpaired) electrons. The molecule has 2 aromatic rings. The molecule has 1 aliphatic heterocycles. The van der Waals surface area contributed by atoms with Crippen LogP contribution in [0.2, 0.25) is 0 Å². The van der Waals surface area contributed by atoms with E-state index < -0.39 is 0 Å². The van der Waals surface area contributed by atoms with Gasteiger partial charge < -0.3 is 4.74 Å². The average molecular weight is 194 g/mol. The Morgan fingerprint density at radius 1 is 1.00 bits per heavy atom. The molecule has 0 bridgehead atoms. The molecule has 0 aromatic heterocycles. The van der Waals surface area contributed by atoms with E-state index >= 15 is 0 Å². The van der Waals surface area contributed by atoms with E-state index in [1.807, 2.05) is 0 Å². The van der Waals surface area contributed by atoms with Gasteiger partial charge in [-0.1, -0.05) is 48.6 Å². The van der Waals surface area contributed by atoms with Crippen LogP contribution in [-0.4, -0.2) is 6.10 Å². The predicted octanol–water partition coefficient (Wildman–Crippen LogP) is 3.31. The molecule has 0 spiro atoms. The Hall–Kier alpha value is -1.60. The van der Waals surface area contributed by atoms with E-state index in [0.29, 0.717) is 12.2 Å². The number of hydrogen-bond donors (Lipinski definition) is 0. The molecule has 1 nitrogen and oxygen atoms in total. The van der Waals surface area contributed by atoms with Crippen LogP contribution in [0.4, 0.5) is 0 Å². The summed E-state index contributed by atoms with van der Waals surface area (Å²) < 4.78 is 5.57. The van der Waals surface area contributed by atoms with E-state index in [4.69, 9.17) is 4.74 Å². The van der Waals surface area contributed by atoms with Crippen molar-refractivity contribution in [1.82, 2.24) is 0 Å². The first-order valence-electron chi connectivity index (χ1n) is 5.29. The Labute approximate surface area is 88.0 Å². The minimum Gasteiger partial charge on any atom is -0.360 e. The summed E-state index contributed by atoms with van der Waals surface area (Å²) in [6, 6.07) is 12.9. The second-order valence-corrected chi connectivity index (χ2v) is 4.17. The number of fused-ring (bicyclic) bond motifs is 5. The highest BCUT2D eigenvalue weighted by Gasteiger charge is 2.41. The fourth-order valence-corrected chi connectivity index (χ4v) is 2.46. The Bertz CT molecular complexity index is 583. The number of rotatable bonds is 0. The zero-order valence-corrected chi connectivity index (χ0v) is 8.18. The topological polar surface area (TPSA) is 12.5 Å². The van der Waals surface area contributed by atoms with Gasteiger partial charge in [0.25, 0.3) is 0 Å². The number of epoxide rings is 1. The highest BCUT2D eigenvalue weighted by molar-refractivity contribution is 5.93. The fraction of sp³-hybridized carbons (Fsp3) is 0.143. The first kappa shape index (κ1) is 7.66. The van der Waals surface area contributed by atoms with E-state index in [2.05, 4.69) is 48.6 Å².